The van der Waals surface area contributed by atoms with Gasteiger partial charge in [0.15, 0.2) is 0 Å². The summed E-state index contributed by atoms with van der Waals surface area (Å²) in [5.41, 5.74) is 6.58. The summed E-state index contributed by atoms with van der Waals surface area (Å²) >= 11 is 5.05. The van der Waals surface area contributed by atoms with Gasteiger partial charge in [0, 0.05) is 20.0 Å². The largest absolute Gasteiger partial charge is 0.465 e. The van der Waals surface area contributed by atoms with E-state index in [-0.39, 0.29) is 0 Å². The van der Waals surface area contributed by atoms with E-state index in [4.69, 9.17) is 10.5 Å². The van der Waals surface area contributed by atoms with E-state index in [0.29, 0.717) is 11.3 Å². The molecule has 0 aliphatic carbocycles. The van der Waals surface area contributed by atoms with Crippen LogP contribution in [0.1, 0.15) is 10.4 Å². The first-order chi connectivity index (χ1) is 9.11. The highest BCUT2D eigenvalue weighted by molar-refractivity contribution is 9.10. The molecule has 0 fully saturated rings. The Labute approximate surface area is 124 Å². The molecule has 2 rings (SSSR count). The third kappa shape index (κ3) is 3.30. The van der Waals surface area contributed by atoms with Crippen LogP contribution in [0.25, 0.3) is 0 Å². The van der Waals surface area contributed by atoms with Crippen molar-refractivity contribution in [3.05, 3.63) is 52.5 Å². The Bertz CT molecular complexity index is 616. The van der Waals surface area contributed by atoms with Crippen molar-refractivity contribution in [3.63, 3.8) is 0 Å². The quantitative estimate of drug-likeness (QED) is 0.680. The summed E-state index contributed by atoms with van der Waals surface area (Å²) in [5.74, 6) is -0.424. The Morgan fingerprint density at radius 2 is 2.00 bits per heavy atom. The molecule has 0 saturated heterocycles. The number of nitrogen functional groups attached to an aromatic ring is 1. The molecule has 0 aliphatic rings. The SMILES string of the molecule is COC(=O)c1cc(Sc2ccccc2Br)ccc1N. The minimum atomic E-state index is -0.424. The Balaban J connectivity index is 2.32. The maximum Gasteiger partial charge on any atom is 0.339 e. The standard InChI is InChI=1S/C14H12BrNO2S/c1-18-14(17)10-8-9(6-7-12(10)16)19-13-5-3-2-4-11(13)15/h2-8H,16H2,1H3. The van der Waals surface area contributed by atoms with Crippen molar-refractivity contribution in [2.45, 2.75) is 9.79 Å². The number of hydrogen-bond donors (Lipinski definition) is 1. The van der Waals surface area contributed by atoms with Crippen molar-refractivity contribution >= 4 is 39.3 Å². The van der Waals surface area contributed by atoms with Crippen molar-refractivity contribution in [1.29, 1.82) is 0 Å². The lowest BCUT2D eigenvalue weighted by Gasteiger charge is -2.08. The van der Waals surface area contributed by atoms with Gasteiger partial charge >= 0.3 is 5.97 Å². The summed E-state index contributed by atoms with van der Waals surface area (Å²) in [6, 6.07) is 13.2. The lowest BCUT2D eigenvalue weighted by molar-refractivity contribution is 0.0601. The van der Waals surface area contributed by atoms with E-state index in [1.165, 1.54) is 7.11 Å². The molecule has 0 unspecified atom stereocenters. The second-order valence-corrected chi connectivity index (χ2v) is 5.74. The van der Waals surface area contributed by atoms with Crippen LogP contribution in [-0.4, -0.2) is 13.1 Å². The van der Waals surface area contributed by atoms with Crippen molar-refractivity contribution in [3.8, 4) is 0 Å². The molecule has 5 heteroatoms. The molecular formula is C14H12BrNO2S. The zero-order valence-corrected chi connectivity index (χ0v) is 12.6. The monoisotopic (exact) mass is 337 g/mol. The van der Waals surface area contributed by atoms with Gasteiger partial charge < -0.3 is 10.5 Å². The lowest BCUT2D eigenvalue weighted by atomic mass is 10.2. The van der Waals surface area contributed by atoms with Gasteiger partial charge in [-0.1, -0.05) is 23.9 Å². The molecule has 0 saturated carbocycles. The van der Waals surface area contributed by atoms with Crippen molar-refractivity contribution in [2.75, 3.05) is 12.8 Å². The predicted octanol–water partition coefficient (Wildman–Crippen LogP) is 3.97. The summed E-state index contributed by atoms with van der Waals surface area (Å²) < 4.78 is 5.72. The average Bonchev–Trinajstić information content (AvgIpc) is 2.42. The van der Waals surface area contributed by atoms with Crippen molar-refractivity contribution in [2.24, 2.45) is 0 Å². The fourth-order valence-electron chi connectivity index (χ4n) is 1.54. The van der Waals surface area contributed by atoms with E-state index in [1.807, 2.05) is 30.3 Å². The van der Waals surface area contributed by atoms with Gasteiger partial charge in [-0.25, -0.2) is 4.79 Å². The van der Waals surface area contributed by atoms with Crippen LogP contribution >= 0.6 is 27.7 Å². The van der Waals surface area contributed by atoms with Gasteiger partial charge in [-0.15, -0.1) is 0 Å². The Morgan fingerprint density at radius 1 is 1.26 bits per heavy atom. The molecule has 0 heterocycles. The maximum absolute atomic E-state index is 11.6. The molecule has 3 nitrogen and oxygen atoms in total. The molecule has 0 aliphatic heterocycles. The van der Waals surface area contributed by atoms with E-state index in [0.717, 1.165) is 14.3 Å². The van der Waals surface area contributed by atoms with Gasteiger partial charge in [-0.3, -0.25) is 0 Å². The second-order valence-electron chi connectivity index (χ2n) is 3.77. The first-order valence-electron chi connectivity index (χ1n) is 5.52. The highest BCUT2D eigenvalue weighted by Crippen LogP contribution is 2.34. The van der Waals surface area contributed by atoms with Gasteiger partial charge in [0.05, 0.1) is 12.7 Å². The Kier molecular flexibility index (Phi) is 4.50. The van der Waals surface area contributed by atoms with E-state index in [1.54, 1.807) is 23.9 Å². The molecule has 2 aromatic rings. The van der Waals surface area contributed by atoms with E-state index in [9.17, 15) is 4.79 Å². The number of esters is 1. The van der Waals surface area contributed by atoms with Gasteiger partial charge in [-0.2, -0.15) is 0 Å². The van der Waals surface area contributed by atoms with Crippen LogP contribution in [0.15, 0.2) is 56.7 Å². The van der Waals surface area contributed by atoms with Crippen LogP contribution in [-0.2, 0) is 4.74 Å². The third-order valence-corrected chi connectivity index (χ3v) is 4.51. The molecular weight excluding hydrogens is 326 g/mol. The van der Waals surface area contributed by atoms with Crippen LogP contribution in [0, 0.1) is 0 Å². The van der Waals surface area contributed by atoms with Crippen LogP contribution in [0.5, 0.6) is 0 Å². The van der Waals surface area contributed by atoms with Crippen LogP contribution in [0.2, 0.25) is 0 Å². The molecule has 0 spiro atoms. The first-order valence-corrected chi connectivity index (χ1v) is 7.13. The zero-order valence-electron chi connectivity index (χ0n) is 10.2. The first kappa shape index (κ1) is 14.0. The Hall–Kier alpha value is -1.46. The summed E-state index contributed by atoms with van der Waals surface area (Å²) in [7, 11) is 1.34. The number of halogens is 1. The molecule has 0 atom stereocenters. The number of ether oxygens (including phenoxy) is 1. The molecule has 19 heavy (non-hydrogen) atoms. The predicted molar refractivity (Wildman–Crippen MR) is 80.5 cm³/mol. The average molecular weight is 338 g/mol. The van der Waals surface area contributed by atoms with Crippen LogP contribution in [0.4, 0.5) is 5.69 Å². The number of methoxy groups -OCH3 is 1. The number of anilines is 1. The molecule has 2 N–H and O–H groups in total. The molecule has 2 aromatic carbocycles. The zero-order chi connectivity index (χ0) is 13.8. The fraction of sp³-hybridized carbons (Fsp3) is 0.0714. The third-order valence-electron chi connectivity index (χ3n) is 2.49. The number of hydrogen-bond acceptors (Lipinski definition) is 4. The number of benzene rings is 2. The number of carbonyl (C=O) groups is 1. The van der Waals surface area contributed by atoms with Gasteiger partial charge in [-0.05, 0) is 46.3 Å². The van der Waals surface area contributed by atoms with E-state index < -0.39 is 5.97 Å². The van der Waals surface area contributed by atoms with E-state index in [2.05, 4.69) is 15.9 Å². The van der Waals surface area contributed by atoms with Gasteiger partial charge in [0.25, 0.3) is 0 Å². The maximum atomic E-state index is 11.6. The van der Waals surface area contributed by atoms with Gasteiger partial charge in [0.2, 0.25) is 0 Å². The smallest absolute Gasteiger partial charge is 0.339 e. The fourth-order valence-corrected chi connectivity index (χ4v) is 2.95. The lowest BCUT2D eigenvalue weighted by Crippen LogP contribution is -2.05. The van der Waals surface area contributed by atoms with Crippen molar-refractivity contribution in [1.82, 2.24) is 0 Å². The normalized spacial score (nSPS) is 10.2. The summed E-state index contributed by atoms with van der Waals surface area (Å²) in [6.45, 7) is 0. The second kappa shape index (κ2) is 6.12. The molecule has 0 radical (unpaired) electrons. The molecule has 0 aromatic heterocycles. The topological polar surface area (TPSA) is 52.3 Å². The number of carbonyl (C=O) groups excluding carboxylic acids is 1. The highest BCUT2D eigenvalue weighted by atomic mass is 79.9. The number of nitrogens with two attached hydrogens (primary N) is 1. The molecule has 0 amide bonds. The minimum absolute atomic E-state index is 0.388. The van der Waals surface area contributed by atoms with Crippen LogP contribution < -0.4 is 5.73 Å². The number of rotatable bonds is 3. The van der Waals surface area contributed by atoms with Crippen molar-refractivity contribution < 1.29 is 9.53 Å². The summed E-state index contributed by atoms with van der Waals surface area (Å²) in [5, 5.41) is 0. The van der Waals surface area contributed by atoms with Crippen LogP contribution in [0.3, 0.4) is 0 Å². The summed E-state index contributed by atoms with van der Waals surface area (Å²) in [6.07, 6.45) is 0. The minimum Gasteiger partial charge on any atom is -0.465 e. The Morgan fingerprint density at radius 3 is 2.68 bits per heavy atom. The molecule has 0 bridgehead atoms. The summed E-state index contributed by atoms with van der Waals surface area (Å²) in [4.78, 5) is 13.6. The molecule has 98 valence electrons. The van der Waals surface area contributed by atoms with E-state index >= 15 is 0 Å². The van der Waals surface area contributed by atoms with Gasteiger partial charge in [0.1, 0.15) is 0 Å². The highest BCUT2D eigenvalue weighted by Gasteiger charge is 2.11.